The van der Waals surface area contributed by atoms with Crippen LogP contribution in [0.5, 0.6) is 57.5 Å². The van der Waals surface area contributed by atoms with Gasteiger partial charge in [0.05, 0.1) is 90.4 Å². The molecule has 0 atom stereocenters. The highest BCUT2D eigenvalue weighted by molar-refractivity contribution is 5.78. The average Bonchev–Trinajstić information content (AvgIpc) is 3.13. The fraction of sp³-hybridized carbons (Fsp3) is 0.628. The lowest BCUT2D eigenvalue weighted by Gasteiger charge is -2.36. The molecule has 0 saturated carbocycles. The minimum atomic E-state index is -1.04. The lowest BCUT2D eigenvalue weighted by atomic mass is 9.75. The Bertz CT molecular complexity index is 1320. The summed E-state index contributed by atoms with van der Waals surface area (Å²) in [5.41, 5.74) is 2.05. The second-order valence-corrected chi connectivity index (χ2v) is 12.8. The summed E-state index contributed by atoms with van der Waals surface area (Å²) in [5.74, 6) is 3.91. The molecule has 0 spiro atoms. The minimum absolute atomic E-state index is 0.214. The summed E-state index contributed by atoms with van der Waals surface area (Å²) in [6.07, 6.45) is 0. The molecule has 0 aromatic heterocycles. The van der Waals surface area contributed by atoms with E-state index < -0.39 is 5.41 Å². The molecule has 0 heterocycles. The third-order valence-corrected chi connectivity index (χ3v) is 7.76. The van der Waals surface area contributed by atoms with Crippen molar-refractivity contribution in [3.05, 3.63) is 35.4 Å². The van der Waals surface area contributed by atoms with Crippen molar-refractivity contribution >= 4 is 0 Å². The van der Waals surface area contributed by atoms with E-state index in [0.717, 1.165) is 11.1 Å². The molecule has 0 amide bonds. The molecule has 12 heteroatoms. The van der Waals surface area contributed by atoms with Crippen molar-refractivity contribution in [1.29, 1.82) is 0 Å². The normalized spacial score (nSPS) is 11.1. The first-order valence-corrected chi connectivity index (χ1v) is 19.7. The van der Waals surface area contributed by atoms with Gasteiger partial charge in [-0.2, -0.15) is 0 Å². The van der Waals surface area contributed by atoms with Crippen LogP contribution in [-0.2, 0) is 14.9 Å². The van der Waals surface area contributed by atoms with Crippen LogP contribution in [0.15, 0.2) is 24.3 Å². The largest absolute Gasteiger partial charge is 0.489 e. The van der Waals surface area contributed by atoms with Gasteiger partial charge in [0.2, 0.25) is 34.5 Å². The SMILES string of the molecule is C=C(C)COCCOc1c(OCC)c(OCC)c(C(C)(C)c2c(OCC)c(OCC)c(OCCOCC(=C)C)c(OCC)c2OCC)c(OCC)c1OCC. The maximum Gasteiger partial charge on any atom is 0.211 e. The summed E-state index contributed by atoms with van der Waals surface area (Å²) in [5, 5.41) is 0. The van der Waals surface area contributed by atoms with Crippen LogP contribution >= 0.6 is 0 Å². The molecule has 0 bridgehead atoms. The Balaban J connectivity index is 3.20. The van der Waals surface area contributed by atoms with Crippen LogP contribution in [-0.4, -0.2) is 92.5 Å². The molecule has 2 aromatic carbocycles. The fourth-order valence-corrected chi connectivity index (χ4v) is 5.93. The van der Waals surface area contributed by atoms with Gasteiger partial charge in [-0.1, -0.05) is 38.2 Å². The predicted molar refractivity (Wildman–Crippen MR) is 217 cm³/mol. The molecular weight excluding hydrogens is 708 g/mol. The topological polar surface area (TPSA) is 111 Å². The van der Waals surface area contributed by atoms with Gasteiger partial charge in [-0.05, 0) is 69.2 Å². The Hall–Kier alpha value is -4.16. The molecule has 0 fully saturated rings. The molecule has 2 aromatic rings. The molecule has 0 aliphatic rings. The molecule has 312 valence electrons. The monoisotopic (exact) mass is 776 g/mol. The van der Waals surface area contributed by atoms with E-state index in [-0.39, 0.29) is 13.2 Å². The van der Waals surface area contributed by atoms with Gasteiger partial charge in [-0.3, -0.25) is 0 Å². The van der Waals surface area contributed by atoms with E-state index in [2.05, 4.69) is 13.2 Å². The molecule has 0 aliphatic carbocycles. The Morgan fingerprint density at radius 1 is 0.364 bits per heavy atom. The Labute approximate surface area is 330 Å². The number of hydrogen-bond donors (Lipinski definition) is 0. The van der Waals surface area contributed by atoms with Gasteiger partial charge in [0.25, 0.3) is 0 Å². The predicted octanol–water partition coefficient (Wildman–Crippen LogP) is 9.15. The number of ether oxygens (including phenoxy) is 12. The molecule has 0 aliphatic heterocycles. The Morgan fingerprint density at radius 3 is 0.800 bits per heavy atom. The van der Waals surface area contributed by atoms with Gasteiger partial charge in [0.15, 0.2) is 23.0 Å². The van der Waals surface area contributed by atoms with E-state index in [1.807, 2.05) is 83.1 Å². The number of rotatable bonds is 30. The second-order valence-electron chi connectivity index (χ2n) is 12.8. The van der Waals surface area contributed by atoms with E-state index in [0.29, 0.717) is 148 Å². The van der Waals surface area contributed by atoms with Gasteiger partial charge in [0.1, 0.15) is 13.2 Å². The molecule has 0 saturated heterocycles. The molecule has 0 radical (unpaired) electrons. The van der Waals surface area contributed by atoms with Crippen LogP contribution in [0, 0.1) is 0 Å². The zero-order valence-corrected chi connectivity index (χ0v) is 35.7. The van der Waals surface area contributed by atoms with E-state index >= 15 is 0 Å². The third-order valence-electron chi connectivity index (χ3n) is 7.76. The second kappa shape index (κ2) is 24.4. The van der Waals surface area contributed by atoms with Gasteiger partial charge in [0, 0.05) is 5.41 Å². The average molecular weight is 777 g/mol. The Morgan fingerprint density at radius 2 is 0.582 bits per heavy atom. The molecule has 2 rings (SSSR count). The van der Waals surface area contributed by atoms with Gasteiger partial charge in [-0.15, -0.1) is 0 Å². The summed E-state index contributed by atoms with van der Waals surface area (Å²) in [6.45, 7) is 35.5. The van der Waals surface area contributed by atoms with Crippen LogP contribution < -0.4 is 47.4 Å². The van der Waals surface area contributed by atoms with Gasteiger partial charge < -0.3 is 56.8 Å². The minimum Gasteiger partial charge on any atom is -0.489 e. The first-order chi connectivity index (χ1) is 26.4. The van der Waals surface area contributed by atoms with E-state index in [1.54, 1.807) is 0 Å². The van der Waals surface area contributed by atoms with Crippen LogP contribution in [0.25, 0.3) is 0 Å². The van der Waals surface area contributed by atoms with E-state index in [1.165, 1.54) is 0 Å². The molecule has 55 heavy (non-hydrogen) atoms. The lowest BCUT2D eigenvalue weighted by molar-refractivity contribution is 0.111. The van der Waals surface area contributed by atoms with Crippen molar-refractivity contribution in [3.8, 4) is 57.5 Å². The summed E-state index contributed by atoms with van der Waals surface area (Å²) in [4.78, 5) is 0. The standard InChI is InChI=1S/C43H68O12/c1-15-46-33-31(34(47-16-2)38(51-20-6)41(37(33)50-19-5)54-25-23-44-27-29(9)10)43(13,14)32-35(48-17-3)39(52-21-7)42(55-26-24-45-28-30(11)12)40(53-22-8)36(32)49-18-4/h9,11,15-28H2,1-8,10,12-14H3. The first-order valence-electron chi connectivity index (χ1n) is 19.7. The molecule has 0 N–H and O–H groups in total. The highest BCUT2D eigenvalue weighted by Gasteiger charge is 2.45. The smallest absolute Gasteiger partial charge is 0.211 e. The first kappa shape index (κ1) is 47.0. The molecule has 0 unspecified atom stereocenters. The number of hydrogen-bond acceptors (Lipinski definition) is 12. The third kappa shape index (κ3) is 12.4. The van der Waals surface area contributed by atoms with Crippen molar-refractivity contribution in [2.75, 3.05) is 92.5 Å². The number of benzene rings is 2. The highest BCUT2D eigenvalue weighted by atomic mass is 16.6. The van der Waals surface area contributed by atoms with Crippen LogP contribution in [0.2, 0.25) is 0 Å². The van der Waals surface area contributed by atoms with Crippen molar-refractivity contribution in [2.24, 2.45) is 0 Å². The van der Waals surface area contributed by atoms with Gasteiger partial charge in [-0.25, -0.2) is 0 Å². The van der Waals surface area contributed by atoms with E-state index in [4.69, 9.17) is 56.8 Å². The zero-order valence-electron chi connectivity index (χ0n) is 35.7. The summed E-state index contributed by atoms with van der Waals surface area (Å²) in [6, 6.07) is 0. The zero-order chi connectivity index (χ0) is 41.0. The summed E-state index contributed by atoms with van der Waals surface area (Å²) < 4.78 is 76.1. The summed E-state index contributed by atoms with van der Waals surface area (Å²) in [7, 11) is 0. The van der Waals surface area contributed by atoms with Gasteiger partial charge >= 0.3 is 0 Å². The highest BCUT2D eigenvalue weighted by Crippen LogP contribution is 2.63. The van der Waals surface area contributed by atoms with Crippen LogP contribution in [0.1, 0.15) is 94.2 Å². The van der Waals surface area contributed by atoms with Crippen molar-refractivity contribution in [3.63, 3.8) is 0 Å². The summed E-state index contributed by atoms with van der Waals surface area (Å²) >= 11 is 0. The van der Waals surface area contributed by atoms with Crippen molar-refractivity contribution in [1.82, 2.24) is 0 Å². The van der Waals surface area contributed by atoms with E-state index in [9.17, 15) is 0 Å². The molecular formula is C43H68O12. The van der Waals surface area contributed by atoms with Crippen LogP contribution in [0.3, 0.4) is 0 Å². The Kier molecular flexibility index (Phi) is 20.8. The van der Waals surface area contributed by atoms with Crippen LogP contribution in [0.4, 0.5) is 0 Å². The molecule has 12 nitrogen and oxygen atoms in total. The lowest BCUT2D eigenvalue weighted by Crippen LogP contribution is -2.26. The van der Waals surface area contributed by atoms with Crippen molar-refractivity contribution in [2.45, 2.75) is 88.5 Å². The van der Waals surface area contributed by atoms with Crippen molar-refractivity contribution < 1.29 is 56.8 Å². The quantitative estimate of drug-likeness (QED) is 0.0557. The maximum absolute atomic E-state index is 6.55. The fourth-order valence-electron chi connectivity index (χ4n) is 5.93. The maximum atomic E-state index is 6.55.